The number of nitrogens with one attached hydrogen (secondary N) is 2. The van der Waals surface area contributed by atoms with E-state index in [1.807, 2.05) is 44.4 Å². The lowest BCUT2D eigenvalue weighted by Crippen LogP contribution is -2.32. The van der Waals surface area contributed by atoms with Crippen LogP contribution in [-0.4, -0.2) is 17.3 Å². The minimum atomic E-state index is -0.483. The number of halogens is 1. The van der Waals surface area contributed by atoms with Crippen molar-refractivity contribution in [2.24, 2.45) is 4.99 Å². The number of allylic oxidation sites excluding steroid dienone is 1. The number of amidine groups is 1. The summed E-state index contributed by atoms with van der Waals surface area (Å²) in [5.41, 5.74) is 3.78. The minimum Gasteiger partial charge on any atom is -0.338 e. The zero-order valence-electron chi connectivity index (χ0n) is 14.8. The summed E-state index contributed by atoms with van der Waals surface area (Å²) >= 11 is 1.47. The Bertz CT molecular complexity index is 890. The summed E-state index contributed by atoms with van der Waals surface area (Å²) < 4.78 is 13.3. The Balaban J connectivity index is 1.97. The van der Waals surface area contributed by atoms with Crippen molar-refractivity contribution in [2.45, 2.75) is 19.9 Å². The topological polar surface area (TPSA) is 53.5 Å². The molecule has 1 aliphatic rings. The Morgan fingerprint density at radius 2 is 1.85 bits per heavy atom. The summed E-state index contributed by atoms with van der Waals surface area (Å²) in [4.78, 5) is 17.7. The van der Waals surface area contributed by atoms with E-state index in [4.69, 9.17) is 0 Å². The highest BCUT2D eigenvalue weighted by Gasteiger charge is 2.29. The second-order valence-corrected chi connectivity index (χ2v) is 6.82. The van der Waals surface area contributed by atoms with Crippen LogP contribution < -0.4 is 10.6 Å². The molecular weight excluding hydrogens is 349 g/mol. The number of nitrogens with zero attached hydrogens (tertiary/aromatic N) is 1. The SMILES string of the molecule is CSC1=N[C@@H](c2ccc(F)cc2)C(C(=O)Nc2ccccc2C)=C(C)N1. The van der Waals surface area contributed by atoms with Crippen molar-refractivity contribution in [3.8, 4) is 0 Å². The van der Waals surface area contributed by atoms with Crippen LogP contribution >= 0.6 is 11.8 Å². The van der Waals surface area contributed by atoms with Crippen LogP contribution in [0.5, 0.6) is 0 Å². The number of anilines is 1. The maximum atomic E-state index is 13.3. The van der Waals surface area contributed by atoms with Gasteiger partial charge in [0, 0.05) is 11.4 Å². The second kappa shape index (κ2) is 7.74. The molecule has 1 amide bonds. The normalized spacial score (nSPS) is 16.8. The quantitative estimate of drug-likeness (QED) is 0.843. The fraction of sp³-hybridized carbons (Fsp3) is 0.200. The minimum absolute atomic E-state index is 0.220. The highest BCUT2D eigenvalue weighted by Crippen LogP contribution is 2.33. The molecular formula is C20H20FN3OS. The molecule has 134 valence electrons. The number of hydrogen-bond donors (Lipinski definition) is 2. The molecule has 2 aromatic rings. The van der Waals surface area contributed by atoms with E-state index >= 15 is 0 Å². The monoisotopic (exact) mass is 369 g/mol. The Morgan fingerprint density at radius 3 is 2.50 bits per heavy atom. The third-order valence-electron chi connectivity index (χ3n) is 4.24. The molecule has 0 spiro atoms. The van der Waals surface area contributed by atoms with Crippen LogP contribution in [0.15, 0.2) is 64.8 Å². The molecule has 0 saturated carbocycles. The number of aliphatic imine (C=N–C) groups is 1. The summed E-state index contributed by atoms with van der Waals surface area (Å²) in [6.45, 7) is 3.80. The van der Waals surface area contributed by atoms with Gasteiger partial charge in [-0.15, -0.1) is 0 Å². The second-order valence-electron chi connectivity index (χ2n) is 6.03. The summed E-state index contributed by atoms with van der Waals surface area (Å²) in [5, 5.41) is 6.86. The number of amides is 1. The van der Waals surface area contributed by atoms with Gasteiger partial charge in [0.1, 0.15) is 11.9 Å². The van der Waals surface area contributed by atoms with Crippen LogP contribution in [0.2, 0.25) is 0 Å². The first-order valence-electron chi connectivity index (χ1n) is 8.21. The lowest BCUT2D eigenvalue weighted by molar-refractivity contribution is -0.113. The van der Waals surface area contributed by atoms with Gasteiger partial charge in [0.15, 0.2) is 5.17 Å². The molecule has 26 heavy (non-hydrogen) atoms. The molecule has 2 aromatic carbocycles. The first-order chi connectivity index (χ1) is 12.5. The number of benzene rings is 2. The van der Waals surface area contributed by atoms with Crippen LogP contribution in [0.3, 0.4) is 0 Å². The van der Waals surface area contributed by atoms with Crippen LogP contribution in [0, 0.1) is 12.7 Å². The third kappa shape index (κ3) is 3.80. The molecule has 1 aliphatic heterocycles. The molecule has 1 atom stereocenters. The van der Waals surface area contributed by atoms with Crippen LogP contribution in [0.25, 0.3) is 0 Å². The van der Waals surface area contributed by atoms with E-state index in [0.29, 0.717) is 5.57 Å². The van der Waals surface area contributed by atoms with E-state index in [1.54, 1.807) is 12.1 Å². The van der Waals surface area contributed by atoms with Gasteiger partial charge in [-0.05, 0) is 49.4 Å². The van der Waals surface area contributed by atoms with Gasteiger partial charge in [0.2, 0.25) is 0 Å². The average molecular weight is 369 g/mol. The Morgan fingerprint density at radius 1 is 1.15 bits per heavy atom. The highest BCUT2D eigenvalue weighted by atomic mass is 32.2. The summed E-state index contributed by atoms with van der Waals surface area (Å²) in [5.74, 6) is -0.536. The lowest BCUT2D eigenvalue weighted by Gasteiger charge is -2.26. The molecule has 0 aliphatic carbocycles. The van der Waals surface area contributed by atoms with E-state index in [1.165, 1.54) is 23.9 Å². The molecule has 2 N–H and O–H groups in total. The highest BCUT2D eigenvalue weighted by molar-refractivity contribution is 8.13. The van der Waals surface area contributed by atoms with E-state index in [2.05, 4.69) is 15.6 Å². The van der Waals surface area contributed by atoms with Crippen molar-refractivity contribution in [2.75, 3.05) is 11.6 Å². The number of thioether (sulfide) groups is 1. The molecule has 0 radical (unpaired) electrons. The molecule has 0 aromatic heterocycles. The predicted molar refractivity (Wildman–Crippen MR) is 106 cm³/mol. The molecule has 0 fully saturated rings. The fourth-order valence-corrected chi connectivity index (χ4v) is 3.30. The summed E-state index contributed by atoms with van der Waals surface area (Å²) in [6, 6.07) is 13.2. The molecule has 0 saturated heterocycles. The van der Waals surface area contributed by atoms with E-state index in [0.717, 1.165) is 27.7 Å². The molecule has 0 unspecified atom stereocenters. The lowest BCUT2D eigenvalue weighted by atomic mass is 9.95. The van der Waals surface area contributed by atoms with E-state index < -0.39 is 6.04 Å². The van der Waals surface area contributed by atoms with Gasteiger partial charge in [0.05, 0.1) is 5.57 Å². The van der Waals surface area contributed by atoms with Gasteiger partial charge in [-0.2, -0.15) is 0 Å². The van der Waals surface area contributed by atoms with Crippen molar-refractivity contribution in [3.05, 3.63) is 76.7 Å². The number of rotatable bonds is 3. The van der Waals surface area contributed by atoms with Gasteiger partial charge in [0.25, 0.3) is 5.91 Å². The maximum Gasteiger partial charge on any atom is 0.255 e. The van der Waals surface area contributed by atoms with Gasteiger partial charge in [-0.3, -0.25) is 4.79 Å². The predicted octanol–water partition coefficient (Wildman–Crippen LogP) is 4.41. The molecule has 1 heterocycles. The Hall–Kier alpha value is -2.60. The molecule has 4 nitrogen and oxygen atoms in total. The largest absolute Gasteiger partial charge is 0.338 e. The number of aryl methyl sites for hydroxylation is 1. The smallest absolute Gasteiger partial charge is 0.255 e. The number of hydrogen-bond acceptors (Lipinski definition) is 4. The summed E-state index contributed by atoms with van der Waals surface area (Å²) in [7, 11) is 0. The number of carbonyl (C=O) groups excluding carboxylic acids is 1. The Kier molecular flexibility index (Phi) is 5.42. The van der Waals surface area contributed by atoms with Crippen molar-refractivity contribution in [3.63, 3.8) is 0 Å². The zero-order chi connectivity index (χ0) is 18.7. The Labute approximate surface area is 156 Å². The first kappa shape index (κ1) is 18.2. The third-order valence-corrected chi connectivity index (χ3v) is 4.83. The van der Waals surface area contributed by atoms with Crippen molar-refractivity contribution < 1.29 is 9.18 Å². The van der Waals surface area contributed by atoms with Gasteiger partial charge in [-0.1, -0.05) is 42.1 Å². The maximum absolute atomic E-state index is 13.3. The standard InChI is InChI=1S/C20H20FN3OS/c1-12-6-4-5-7-16(12)23-19(25)17-13(2)22-20(26-3)24-18(17)14-8-10-15(21)11-9-14/h4-11,18H,1-3H3,(H,22,24)(H,23,25)/t18-/m0/s1. The molecule has 6 heteroatoms. The number of para-hydroxylation sites is 1. The van der Waals surface area contributed by atoms with Gasteiger partial charge in [-0.25, -0.2) is 9.38 Å². The van der Waals surface area contributed by atoms with E-state index in [9.17, 15) is 9.18 Å². The van der Waals surface area contributed by atoms with Crippen molar-refractivity contribution in [1.29, 1.82) is 0 Å². The van der Waals surface area contributed by atoms with Crippen molar-refractivity contribution in [1.82, 2.24) is 5.32 Å². The van der Waals surface area contributed by atoms with E-state index in [-0.39, 0.29) is 11.7 Å². The van der Waals surface area contributed by atoms with Crippen molar-refractivity contribution >= 4 is 28.5 Å². The first-order valence-corrected chi connectivity index (χ1v) is 9.44. The average Bonchev–Trinajstić information content (AvgIpc) is 2.63. The zero-order valence-corrected chi connectivity index (χ0v) is 15.7. The van der Waals surface area contributed by atoms with Gasteiger partial charge < -0.3 is 10.6 Å². The van der Waals surface area contributed by atoms with Gasteiger partial charge >= 0.3 is 0 Å². The van der Waals surface area contributed by atoms with Crippen LogP contribution in [0.4, 0.5) is 10.1 Å². The summed E-state index contributed by atoms with van der Waals surface area (Å²) in [6.07, 6.45) is 1.92. The van der Waals surface area contributed by atoms with Crippen LogP contribution in [-0.2, 0) is 4.79 Å². The van der Waals surface area contributed by atoms with Crippen LogP contribution in [0.1, 0.15) is 24.1 Å². The molecule has 3 rings (SSSR count). The fourth-order valence-electron chi connectivity index (χ4n) is 2.83. The number of carbonyl (C=O) groups is 1. The molecule has 0 bridgehead atoms.